The molecule has 1 heterocycles. The molecule has 5 heteroatoms. The zero-order chi connectivity index (χ0) is 25.1. The van der Waals surface area contributed by atoms with Crippen molar-refractivity contribution >= 4 is 32.7 Å². The maximum atomic E-state index is 13.4. The van der Waals surface area contributed by atoms with Crippen molar-refractivity contribution < 1.29 is 4.79 Å². The van der Waals surface area contributed by atoms with Crippen LogP contribution in [0.15, 0.2) is 53.1 Å². The number of hydrogen-bond donors (Lipinski definition) is 2. The number of nitrogens with one attached hydrogen (secondary N) is 1. The normalized spacial score (nSPS) is 22.0. The Labute approximate surface area is 224 Å². The van der Waals surface area contributed by atoms with E-state index in [9.17, 15) is 4.79 Å². The molecule has 2 saturated carbocycles. The largest absolute Gasteiger partial charge is 0.353 e. The summed E-state index contributed by atoms with van der Waals surface area (Å²) in [6.45, 7) is 3.20. The Kier molecular flexibility index (Phi) is 8.17. The van der Waals surface area contributed by atoms with E-state index in [1.807, 2.05) is 0 Å². The summed E-state index contributed by atoms with van der Waals surface area (Å²) in [6, 6.07) is 15.8. The van der Waals surface area contributed by atoms with Crippen molar-refractivity contribution in [3.8, 4) is 0 Å². The lowest BCUT2D eigenvalue weighted by Gasteiger charge is -2.27. The molecule has 0 spiro atoms. The first kappa shape index (κ1) is 25.5. The van der Waals surface area contributed by atoms with E-state index in [1.54, 1.807) is 0 Å². The Morgan fingerprint density at radius 3 is 2.58 bits per heavy atom. The number of nitrogens with zero attached hydrogens (tertiary/aromatic N) is 1. The minimum atomic E-state index is 0.0140. The molecule has 1 aromatic heterocycles. The number of carbonyl (C=O) groups is 1. The van der Waals surface area contributed by atoms with E-state index in [-0.39, 0.29) is 23.9 Å². The number of rotatable bonds is 7. The van der Waals surface area contributed by atoms with Gasteiger partial charge in [0.1, 0.15) is 0 Å². The second-order valence-corrected chi connectivity index (χ2v) is 12.2. The highest BCUT2D eigenvalue weighted by molar-refractivity contribution is 9.10. The fraction of sp³-hybridized carbons (Fsp3) is 0.516. The molecule has 36 heavy (non-hydrogen) atoms. The zero-order valence-electron chi connectivity index (χ0n) is 21.5. The van der Waals surface area contributed by atoms with Crippen molar-refractivity contribution in [2.45, 2.75) is 95.7 Å². The summed E-state index contributed by atoms with van der Waals surface area (Å²) in [5.41, 5.74) is 11.1. The average molecular weight is 551 g/mol. The molecule has 4 nitrogen and oxygen atoms in total. The fourth-order valence-electron chi connectivity index (χ4n) is 6.40. The molecule has 2 aliphatic carbocycles. The summed E-state index contributed by atoms with van der Waals surface area (Å²) in [5, 5.41) is 4.60. The molecule has 2 aliphatic rings. The van der Waals surface area contributed by atoms with Crippen molar-refractivity contribution in [3.05, 3.63) is 69.8 Å². The van der Waals surface area contributed by atoms with E-state index >= 15 is 0 Å². The van der Waals surface area contributed by atoms with Crippen LogP contribution in [0.25, 0.3) is 10.9 Å². The minimum absolute atomic E-state index is 0.0140. The maximum absolute atomic E-state index is 13.4. The first-order valence-electron chi connectivity index (χ1n) is 13.9. The van der Waals surface area contributed by atoms with Gasteiger partial charge < -0.3 is 15.6 Å². The van der Waals surface area contributed by atoms with Crippen LogP contribution >= 0.6 is 15.9 Å². The summed E-state index contributed by atoms with van der Waals surface area (Å²) < 4.78 is 3.55. The average Bonchev–Trinajstić information content (AvgIpc) is 3.21. The van der Waals surface area contributed by atoms with Crippen LogP contribution in [0.5, 0.6) is 0 Å². The van der Waals surface area contributed by atoms with Gasteiger partial charge in [-0.05, 0) is 80.7 Å². The number of benzene rings is 2. The topological polar surface area (TPSA) is 60.1 Å². The van der Waals surface area contributed by atoms with Crippen LogP contribution < -0.4 is 11.1 Å². The van der Waals surface area contributed by atoms with Gasteiger partial charge in [-0.2, -0.15) is 0 Å². The second-order valence-electron chi connectivity index (χ2n) is 11.3. The molecule has 0 saturated heterocycles. The Bertz CT molecular complexity index is 1190. The number of aryl methyl sites for hydroxylation is 1. The summed E-state index contributed by atoms with van der Waals surface area (Å²) >= 11 is 3.71. The maximum Gasteiger partial charge on any atom is 0.221 e. The van der Waals surface area contributed by atoms with Gasteiger partial charge in [0.15, 0.2) is 0 Å². The van der Waals surface area contributed by atoms with Crippen molar-refractivity contribution in [2.24, 2.45) is 11.7 Å². The molecule has 1 atom stereocenters. The number of fused-ring (bicyclic) bond motifs is 1. The lowest BCUT2D eigenvalue weighted by Crippen LogP contribution is -2.40. The number of amides is 1. The monoisotopic (exact) mass is 549 g/mol. The van der Waals surface area contributed by atoms with Crippen LogP contribution in [0.2, 0.25) is 0 Å². The first-order chi connectivity index (χ1) is 17.5. The van der Waals surface area contributed by atoms with Crippen molar-refractivity contribution in [1.29, 1.82) is 0 Å². The van der Waals surface area contributed by atoms with Crippen LogP contribution in [0.3, 0.4) is 0 Å². The molecule has 1 unspecified atom stereocenters. The molecular weight excluding hydrogens is 510 g/mol. The van der Waals surface area contributed by atoms with Crippen LogP contribution in [-0.2, 0) is 11.3 Å². The van der Waals surface area contributed by atoms with Crippen LogP contribution in [-0.4, -0.2) is 22.6 Å². The smallest absolute Gasteiger partial charge is 0.221 e. The number of aromatic nitrogens is 1. The van der Waals surface area contributed by atoms with Crippen molar-refractivity contribution in [3.63, 3.8) is 0 Å². The van der Waals surface area contributed by atoms with E-state index < -0.39 is 0 Å². The van der Waals surface area contributed by atoms with Gasteiger partial charge >= 0.3 is 0 Å². The zero-order valence-corrected chi connectivity index (χ0v) is 23.1. The Morgan fingerprint density at radius 2 is 1.83 bits per heavy atom. The van der Waals surface area contributed by atoms with Crippen LogP contribution in [0.1, 0.15) is 86.8 Å². The predicted octanol–water partition coefficient (Wildman–Crippen LogP) is 7.20. The predicted molar refractivity (Wildman–Crippen MR) is 152 cm³/mol. The number of hydrogen-bond acceptors (Lipinski definition) is 2. The standard InChI is InChI=1S/C31H40BrN3O/c1-21-6-5-9-23(16-21)27(18-31(36)34-26-13-11-25(33)12-14-26)29-20-35(19-22-7-3-2-4-8-22)30-15-10-24(32)17-28(29)30/h5-6,9-10,15-17,20,22,25-27H,2-4,7-8,11-14,18-19,33H2,1H3,(H,34,36)/t25-,26-,27?. The van der Waals surface area contributed by atoms with Gasteiger partial charge in [-0.25, -0.2) is 0 Å². The van der Waals surface area contributed by atoms with Crippen LogP contribution in [0, 0.1) is 12.8 Å². The lowest BCUT2D eigenvalue weighted by atomic mass is 9.86. The van der Waals surface area contributed by atoms with Gasteiger partial charge in [0, 0.05) is 52.5 Å². The molecule has 0 aliphatic heterocycles. The summed E-state index contributed by atoms with van der Waals surface area (Å²) in [7, 11) is 0. The molecule has 3 N–H and O–H groups in total. The quantitative estimate of drug-likeness (QED) is 0.327. The number of halogens is 1. The molecule has 0 radical (unpaired) electrons. The third kappa shape index (κ3) is 6.06. The number of nitrogens with two attached hydrogens (primary N) is 1. The van der Waals surface area contributed by atoms with E-state index in [4.69, 9.17) is 5.73 Å². The van der Waals surface area contributed by atoms with E-state index in [2.05, 4.69) is 81.4 Å². The Morgan fingerprint density at radius 1 is 1.06 bits per heavy atom. The highest BCUT2D eigenvalue weighted by Crippen LogP contribution is 2.37. The van der Waals surface area contributed by atoms with Gasteiger partial charge in [0.25, 0.3) is 0 Å². The molecule has 2 aromatic carbocycles. The third-order valence-electron chi connectivity index (χ3n) is 8.40. The highest BCUT2D eigenvalue weighted by atomic mass is 79.9. The molecule has 1 amide bonds. The summed E-state index contributed by atoms with van der Waals surface area (Å²) in [6.07, 6.45) is 13.5. The molecule has 3 aromatic rings. The van der Waals surface area contributed by atoms with Gasteiger partial charge in [-0.15, -0.1) is 0 Å². The van der Waals surface area contributed by atoms with E-state index in [0.717, 1.165) is 42.6 Å². The van der Waals surface area contributed by atoms with Crippen molar-refractivity contribution in [2.75, 3.05) is 0 Å². The Hall–Kier alpha value is -2.11. The SMILES string of the molecule is Cc1cccc(C(CC(=O)N[C@H]2CC[C@H](N)CC2)c2cn(CC3CCCCC3)c3ccc(Br)cc23)c1. The Balaban J connectivity index is 1.48. The summed E-state index contributed by atoms with van der Waals surface area (Å²) in [4.78, 5) is 13.4. The fourth-order valence-corrected chi connectivity index (χ4v) is 6.76. The van der Waals surface area contributed by atoms with Gasteiger partial charge in [-0.3, -0.25) is 4.79 Å². The first-order valence-corrected chi connectivity index (χ1v) is 14.7. The van der Waals surface area contributed by atoms with E-state index in [0.29, 0.717) is 6.42 Å². The van der Waals surface area contributed by atoms with Crippen LogP contribution in [0.4, 0.5) is 0 Å². The van der Waals surface area contributed by atoms with Gasteiger partial charge in [-0.1, -0.05) is 65.0 Å². The van der Waals surface area contributed by atoms with E-state index in [1.165, 1.54) is 59.7 Å². The third-order valence-corrected chi connectivity index (χ3v) is 8.89. The highest BCUT2D eigenvalue weighted by Gasteiger charge is 2.26. The van der Waals surface area contributed by atoms with Gasteiger partial charge in [0.2, 0.25) is 5.91 Å². The summed E-state index contributed by atoms with van der Waals surface area (Å²) in [5.74, 6) is 0.898. The molecule has 0 bridgehead atoms. The molecule has 2 fully saturated rings. The lowest BCUT2D eigenvalue weighted by molar-refractivity contribution is -0.122. The minimum Gasteiger partial charge on any atom is -0.353 e. The molecule has 5 rings (SSSR count). The number of carbonyl (C=O) groups excluding carboxylic acids is 1. The second kappa shape index (κ2) is 11.5. The van der Waals surface area contributed by atoms with Gasteiger partial charge in [0.05, 0.1) is 0 Å². The molecular formula is C31H40BrN3O. The molecule has 192 valence electrons. The van der Waals surface area contributed by atoms with Crippen molar-refractivity contribution in [1.82, 2.24) is 9.88 Å².